The molecule has 0 atom stereocenters. The van der Waals surface area contributed by atoms with Gasteiger partial charge in [-0.25, -0.2) is 9.97 Å². The fourth-order valence-corrected chi connectivity index (χ4v) is 2.82. The Balaban J connectivity index is 1.77. The highest BCUT2D eigenvalue weighted by Gasteiger charge is 2.29. The van der Waals surface area contributed by atoms with Gasteiger partial charge in [-0.3, -0.25) is 0 Å². The molecule has 102 valence electrons. The highest BCUT2D eigenvalue weighted by atomic mass is 15.2. The zero-order chi connectivity index (χ0) is 13.5. The Morgan fingerprint density at radius 1 is 1.20 bits per heavy atom. The fourth-order valence-electron chi connectivity index (χ4n) is 2.82. The second-order valence-corrected chi connectivity index (χ2v) is 5.52. The van der Waals surface area contributed by atoms with Gasteiger partial charge in [0.15, 0.2) is 0 Å². The van der Waals surface area contributed by atoms with Crippen LogP contribution >= 0.6 is 0 Å². The standard InChI is InChI=1S/C16H18N4/c1-17-14-10-15(19-16(18-14)12-6-7-12)20-9-8-11-4-2-3-5-13(11)20/h2-5,10,12H,6-9H2,1H3,(H,17,18,19). The lowest BCUT2D eigenvalue weighted by atomic mass is 10.2. The number of hydrogen-bond acceptors (Lipinski definition) is 4. The molecule has 2 aromatic rings. The normalized spacial score (nSPS) is 17.1. The van der Waals surface area contributed by atoms with Crippen LogP contribution in [-0.4, -0.2) is 23.6 Å². The van der Waals surface area contributed by atoms with Crippen molar-refractivity contribution in [2.75, 3.05) is 23.8 Å². The summed E-state index contributed by atoms with van der Waals surface area (Å²) in [6, 6.07) is 10.6. The van der Waals surface area contributed by atoms with Crippen molar-refractivity contribution in [3.05, 3.63) is 41.7 Å². The van der Waals surface area contributed by atoms with Crippen molar-refractivity contribution in [3.8, 4) is 0 Å². The van der Waals surface area contributed by atoms with E-state index in [9.17, 15) is 0 Å². The maximum absolute atomic E-state index is 4.80. The second kappa shape index (κ2) is 4.47. The summed E-state index contributed by atoms with van der Waals surface area (Å²) in [5, 5.41) is 3.16. The van der Waals surface area contributed by atoms with Gasteiger partial charge < -0.3 is 10.2 Å². The maximum atomic E-state index is 4.80. The minimum absolute atomic E-state index is 0.569. The molecule has 4 heteroatoms. The van der Waals surface area contributed by atoms with Crippen LogP contribution in [-0.2, 0) is 6.42 Å². The van der Waals surface area contributed by atoms with Crippen LogP contribution < -0.4 is 10.2 Å². The van der Waals surface area contributed by atoms with E-state index in [0.717, 1.165) is 30.4 Å². The van der Waals surface area contributed by atoms with E-state index in [1.807, 2.05) is 13.1 Å². The van der Waals surface area contributed by atoms with Crippen molar-refractivity contribution in [3.63, 3.8) is 0 Å². The van der Waals surface area contributed by atoms with Crippen molar-refractivity contribution in [1.82, 2.24) is 9.97 Å². The van der Waals surface area contributed by atoms with E-state index in [0.29, 0.717) is 5.92 Å². The van der Waals surface area contributed by atoms with E-state index in [1.165, 1.54) is 24.1 Å². The summed E-state index contributed by atoms with van der Waals surface area (Å²) in [6.07, 6.45) is 3.54. The van der Waals surface area contributed by atoms with Crippen molar-refractivity contribution in [2.45, 2.75) is 25.2 Å². The molecular weight excluding hydrogens is 248 g/mol. The van der Waals surface area contributed by atoms with Crippen molar-refractivity contribution in [1.29, 1.82) is 0 Å². The third kappa shape index (κ3) is 1.92. The molecular formula is C16H18N4. The summed E-state index contributed by atoms with van der Waals surface area (Å²) in [6.45, 7) is 1.00. The molecule has 0 saturated heterocycles. The van der Waals surface area contributed by atoms with E-state index in [1.54, 1.807) is 0 Å². The number of anilines is 3. The summed E-state index contributed by atoms with van der Waals surface area (Å²) in [4.78, 5) is 11.7. The number of nitrogens with zero attached hydrogens (tertiary/aromatic N) is 3. The van der Waals surface area contributed by atoms with E-state index < -0.39 is 0 Å². The Bertz CT molecular complexity index is 649. The zero-order valence-corrected chi connectivity index (χ0v) is 11.6. The van der Waals surface area contributed by atoms with Crippen molar-refractivity contribution >= 4 is 17.3 Å². The third-order valence-corrected chi connectivity index (χ3v) is 4.09. The molecule has 1 aromatic heterocycles. The number of para-hydroxylation sites is 1. The van der Waals surface area contributed by atoms with Gasteiger partial charge in [0.05, 0.1) is 0 Å². The fraction of sp³-hybridized carbons (Fsp3) is 0.375. The maximum Gasteiger partial charge on any atom is 0.138 e. The van der Waals surface area contributed by atoms with Gasteiger partial charge >= 0.3 is 0 Å². The number of aromatic nitrogens is 2. The molecule has 1 aliphatic carbocycles. The van der Waals surface area contributed by atoms with Gasteiger partial charge in [0.2, 0.25) is 0 Å². The van der Waals surface area contributed by atoms with Crippen molar-refractivity contribution < 1.29 is 0 Å². The topological polar surface area (TPSA) is 41.0 Å². The smallest absolute Gasteiger partial charge is 0.138 e. The van der Waals surface area contributed by atoms with Crippen LogP contribution in [0.15, 0.2) is 30.3 Å². The van der Waals surface area contributed by atoms with E-state index in [4.69, 9.17) is 4.98 Å². The molecule has 0 unspecified atom stereocenters. The monoisotopic (exact) mass is 266 g/mol. The van der Waals surface area contributed by atoms with Crippen LogP contribution in [0.2, 0.25) is 0 Å². The lowest BCUT2D eigenvalue weighted by molar-refractivity contribution is 0.896. The first kappa shape index (κ1) is 11.7. The highest BCUT2D eigenvalue weighted by molar-refractivity contribution is 5.69. The number of nitrogens with one attached hydrogen (secondary N) is 1. The Morgan fingerprint density at radius 3 is 2.85 bits per heavy atom. The van der Waals surface area contributed by atoms with Gasteiger partial charge in [-0.05, 0) is 30.9 Å². The first-order valence-corrected chi connectivity index (χ1v) is 7.27. The number of fused-ring (bicyclic) bond motifs is 1. The zero-order valence-electron chi connectivity index (χ0n) is 11.6. The van der Waals surface area contributed by atoms with Gasteiger partial charge in [0.25, 0.3) is 0 Å². The van der Waals surface area contributed by atoms with Crippen LogP contribution in [0.1, 0.15) is 30.1 Å². The summed E-state index contributed by atoms with van der Waals surface area (Å²) >= 11 is 0. The molecule has 2 heterocycles. The van der Waals surface area contributed by atoms with Crippen LogP contribution in [0.25, 0.3) is 0 Å². The molecule has 0 amide bonds. The van der Waals surface area contributed by atoms with E-state index in [-0.39, 0.29) is 0 Å². The molecule has 1 saturated carbocycles. The Hall–Kier alpha value is -2.10. The highest BCUT2D eigenvalue weighted by Crippen LogP contribution is 2.40. The van der Waals surface area contributed by atoms with Crippen molar-refractivity contribution in [2.24, 2.45) is 0 Å². The summed E-state index contributed by atoms with van der Waals surface area (Å²) in [7, 11) is 1.92. The van der Waals surface area contributed by atoms with E-state index >= 15 is 0 Å². The van der Waals surface area contributed by atoms with Gasteiger partial charge in [0.1, 0.15) is 17.5 Å². The predicted octanol–water partition coefficient (Wildman–Crippen LogP) is 3.09. The minimum atomic E-state index is 0.569. The molecule has 0 spiro atoms. The summed E-state index contributed by atoms with van der Waals surface area (Å²) < 4.78 is 0. The largest absolute Gasteiger partial charge is 0.373 e. The summed E-state index contributed by atoms with van der Waals surface area (Å²) in [5.41, 5.74) is 2.69. The second-order valence-electron chi connectivity index (χ2n) is 5.52. The lowest BCUT2D eigenvalue weighted by Crippen LogP contribution is -2.16. The quantitative estimate of drug-likeness (QED) is 0.927. The van der Waals surface area contributed by atoms with Crippen LogP contribution in [0.4, 0.5) is 17.3 Å². The molecule has 20 heavy (non-hydrogen) atoms. The minimum Gasteiger partial charge on any atom is -0.373 e. The molecule has 1 aromatic carbocycles. The molecule has 1 N–H and O–H groups in total. The first-order chi connectivity index (χ1) is 9.85. The number of rotatable bonds is 3. The van der Waals surface area contributed by atoms with Crippen LogP contribution in [0.3, 0.4) is 0 Å². The van der Waals surface area contributed by atoms with Gasteiger partial charge in [-0.2, -0.15) is 0 Å². The Kier molecular flexibility index (Phi) is 2.62. The molecule has 1 fully saturated rings. The van der Waals surface area contributed by atoms with Crippen LogP contribution in [0.5, 0.6) is 0 Å². The van der Waals surface area contributed by atoms with Gasteiger partial charge in [-0.1, -0.05) is 18.2 Å². The van der Waals surface area contributed by atoms with Gasteiger partial charge in [0, 0.05) is 31.3 Å². The molecule has 0 radical (unpaired) electrons. The number of hydrogen-bond donors (Lipinski definition) is 1. The average molecular weight is 266 g/mol. The summed E-state index contributed by atoms with van der Waals surface area (Å²) in [5.74, 6) is 3.51. The lowest BCUT2D eigenvalue weighted by Gasteiger charge is -2.19. The molecule has 4 nitrogen and oxygen atoms in total. The Morgan fingerprint density at radius 2 is 2.05 bits per heavy atom. The molecule has 0 bridgehead atoms. The average Bonchev–Trinajstić information content (AvgIpc) is 3.26. The molecule has 4 rings (SSSR count). The third-order valence-electron chi connectivity index (χ3n) is 4.09. The molecule has 2 aliphatic rings. The SMILES string of the molecule is CNc1cc(N2CCc3ccccc32)nc(C2CC2)n1. The predicted molar refractivity (Wildman–Crippen MR) is 80.7 cm³/mol. The van der Waals surface area contributed by atoms with Gasteiger partial charge in [-0.15, -0.1) is 0 Å². The van der Waals surface area contributed by atoms with E-state index in [2.05, 4.69) is 39.5 Å². The Labute approximate surface area is 118 Å². The number of benzene rings is 1. The first-order valence-electron chi connectivity index (χ1n) is 7.27. The molecule has 1 aliphatic heterocycles. The van der Waals surface area contributed by atoms with Crippen LogP contribution in [0, 0.1) is 0 Å².